The summed E-state index contributed by atoms with van der Waals surface area (Å²) in [6, 6.07) is 5.93. The van der Waals surface area contributed by atoms with Crippen molar-refractivity contribution in [1.29, 1.82) is 0 Å². The van der Waals surface area contributed by atoms with Gasteiger partial charge in [0.2, 0.25) is 0 Å². The highest BCUT2D eigenvalue weighted by molar-refractivity contribution is 7.16. The molecule has 0 radical (unpaired) electrons. The third kappa shape index (κ3) is 4.92. The average molecular weight is 365 g/mol. The molecule has 25 heavy (non-hydrogen) atoms. The molecule has 0 spiro atoms. The van der Waals surface area contributed by atoms with Crippen molar-refractivity contribution >= 4 is 27.5 Å². The number of thiazole rings is 1. The van der Waals surface area contributed by atoms with Gasteiger partial charge in [-0.25, -0.2) is 0 Å². The highest BCUT2D eigenvalue weighted by Crippen LogP contribution is 2.23. The van der Waals surface area contributed by atoms with Crippen LogP contribution in [-0.4, -0.2) is 31.3 Å². The fourth-order valence-corrected chi connectivity index (χ4v) is 4.03. The van der Waals surface area contributed by atoms with E-state index >= 15 is 0 Å². The monoisotopic (exact) mass is 364 g/mol. The number of carbonyl (C=O) groups excluding carboxylic acids is 1. The van der Waals surface area contributed by atoms with E-state index in [0.29, 0.717) is 13.2 Å². The van der Waals surface area contributed by atoms with Gasteiger partial charge in [0.25, 0.3) is 5.91 Å². The molecule has 0 saturated heterocycles. The van der Waals surface area contributed by atoms with E-state index in [2.05, 4.69) is 23.4 Å². The third-order valence-corrected chi connectivity index (χ3v) is 5.28. The molecule has 0 aliphatic heterocycles. The van der Waals surface area contributed by atoms with Crippen molar-refractivity contribution in [3.63, 3.8) is 0 Å². The molecule has 0 atom stereocenters. The molecule has 0 N–H and O–H groups in total. The second-order valence-corrected chi connectivity index (χ2v) is 7.10. The number of rotatable bonds is 9. The molecular weight excluding hydrogens is 336 g/mol. The molecule has 0 aliphatic rings. The maximum Gasteiger partial charge on any atom is 0.251 e. The Morgan fingerprint density at radius 2 is 1.96 bits per heavy atom. The lowest BCUT2D eigenvalue weighted by molar-refractivity contribution is -0.122. The van der Waals surface area contributed by atoms with Crippen LogP contribution in [0, 0.1) is 5.92 Å². The van der Waals surface area contributed by atoms with E-state index in [4.69, 9.17) is 9.47 Å². The first-order chi connectivity index (χ1) is 12.1. The van der Waals surface area contributed by atoms with Crippen LogP contribution in [0.2, 0.25) is 0 Å². The largest absolute Gasteiger partial charge is 0.497 e. The van der Waals surface area contributed by atoms with E-state index in [9.17, 15) is 4.79 Å². The predicted octanol–water partition coefficient (Wildman–Crippen LogP) is 4.00. The highest BCUT2D eigenvalue weighted by atomic mass is 32.1. The molecule has 0 unspecified atom stereocenters. The van der Waals surface area contributed by atoms with Gasteiger partial charge >= 0.3 is 0 Å². The van der Waals surface area contributed by atoms with E-state index in [0.717, 1.165) is 46.5 Å². The minimum absolute atomic E-state index is 0.00612. The molecule has 0 bridgehead atoms. The summed E-state index contributed by atoms with van der Waals surface area (Å²) >= 11 is 1.53. The van der Waals surface area contributed by atoms with Crippen LogP contribution < -0.4 is 9.54 Å². The second kappa shape index (κ2) is 9.73. The zero-order valence-electron chi connectivity index (χ0n) is 15.6. The Morgan fingerprint density at radius 1 is 1.24 bits per heavy atom. The Bertz CT molecular complexity index is 758. The average Bonchev–Trinajstić information content (AvgIpc) is 2.95. The molecule has 0 saturated carbocycles. The summed E-state index contributed by atoms with van der Waals surface area (Å²) in [6.07, 6.45) is 3.79. The molecule has 1 heterocycles. The molecule has 0 fully saturated rings. The lowest BCUT2D eigenvalue weighted by Gasteiger charge is -2.10. The van der Waals surface area contributed by atoms with Gasteiger partial charge in [-0.15, -0.1) is 0 Å². The van der Waals surface area contributed by atoms with Gasteiger partial charge in [0.05, 0.1) is 23.9 Å². The summed E-state index contributed by atoms with van der Waals surface area (Å²) in [4.78, 5) is 17.9. The Balaban J connectivity index is 2.47. The van der Waals surface area contributed by atoms with E-state index in [1.54, 1.807) is 14.2 Å². The summed E-state index contributed by atoms with van der Waals surface area (Å²) < 4.78 is 13.7. The minimum Gasteiger partial charge on any atom is -0.497 e. The fraction of sp³-hybridized carbons (Fsp3) is 0.579. The number of fused-ring (bicyclic) bond motifs is 1. The Hall–Kier alpha value is -1.66. The van der Waals surface area contributed by atoms with E-state index in [-0.39, 0.29) is 11.8 Å². The molecule has 0 aliphatic carbocycles. The number of amides is 1. The van der Waals surface area contributed by atoms with Crippen molar-refractivity contribution in [3.8, 4) is 5.75 Å². The Labute approximate surface area is 153 Å². The molecule has 1 aromatic carbocycles. The number of aromatic nitrogens is 1. The summed E-state index contributed by atoms with van der Waals surface area (Å²) in [5.74, 6) is 0.819. The number of hydrogen-bond donors (Lipinski definition) is 0. The van der Waals surface area contributed by atoms with Crippen LogP contribution >= 0.6 is 11.3 Å². The lowest BCUT2D eigenvalue weighted by Crippen LogP contribution is -2.22. The number of nitrogens with zero attached hydrogens (tertiary/aromatic N) is 2. The minimum atomic E-state index is -0.00612. The number of carbonyl (C=O) groups is 1. The molecule has 138 valence electrons. The Kier molecular flexibility index (Phi) is 7.65. The zero-order chi connectivity index (χ0) is 18.2. The van der Waals surface area contributed by atoms with Gasteiger partial charge in [-0.1, -0.05) is 38.0 Å². The van der Waals surface area contributed by atoms with Gasteiger partial charge in [0, 0.05) is 19.6 Å². The number of benzene rings is 1. The van der Waals surface area contributed by atoms with Crippen molar-refractivity contribution in [2.45, 2.75) is 46.1 Å². The van der Waals surface area contributed by atoms with Crippen LogP contribution in [0.3, 0.4) is 0 Å². The molecule has 2 aromatic rings. The van der Waals surface area contributed by atoms with Gasteiger partial charge in [0.15, 0.2) is 4.80 Å². The number of hydrogen-bond acceptors (Lipinski definition) is 4. The van der Waals surface area contributed by atoms with Gasteiger partial charge < -0.3 is 14.0 Å². The molecule has 1 amide bonds. The highest BCUT2D eigenvalue weighted by Gasteiger charge is 2.17. The van der Waals surface area contributed by atoms with Crippen molar-refractivity contribution in [1.82, 2.24) is 4.57 Å². The maximum atomic E-state index is 12.7. The van der Waals surface area contributed by atoms with Crippen molar-refractivity contribution in [2.75, 3.05) is 20.8 Å². The smallest absolute Gasteiger partial charge is 0.251 e. The summed E-state index contributed by atoms with van der Waals surface area (Å²) in [5.41, 5.74) is 1.05. The van der Waals surface area contributed by atoms with E-state index in [1.165, 1.54) is 11.3 Å². The standard InChI is InChI=1S/C19H28N2O3S/c1-5-7-14(8-6-2)18(22)20-19-21(11-12-23-3)16-10-9-15(24-4)13-17(16)25-19/h9-10,13-14H,5-8,11-12H2,1-4H3. The van der Waals surface area contributed by atoms with Crippen LogP contribution in [0.5, 0.6) is 5.75 Å². The van der Waals surface area contributed by atoms with Gasteiger partial charge in [0.1, 0.15) is 5.75 Å². The predicted molar refractivity (Wildman–Crippen MR) is 102 cm³/mol. The van der Waals surface area contributed by atoms with Crippen molar-refractivity contribution < 1.29 is 14.3 Å². The summed E-state index contributed by atoms with van der Waals surface area (Å²) in [5, 5.41) is 0. The van der Waals surface area contributed by atoms with Crippen LogP contribution in [0.4, 0.5) is 0 Å². The van der Waals surface area contributed by atoms with Gasteiger partial charge in [-0.2, -0.15) is 4.99 Å². The number of ether oxygens (including phenoxy) is 2. The van der Waals surface area contributed by atoms with E-state index in [1.807, 2.05) is 18.2 Å². The number of methoxy groups -OCH3 is 2. The summed E-state index contributed by atoms with van der Waals surface area (Å²) in [7, 11) is 3.33. The third-order valence-electron chi connectivity index (χ3n) is 4.24. The van der Waals surface area contributed by atoms with Crippen LogP contribution in [0.15, 0.2) is 23.2 Å². The zero-order valence-corrected chi connectivity index (χ0v) is 16.4. The first-order valence-electron chi connectivity index (χ1n) is 8.89. The fourth-order valence-electron chi connectivity index (χ4n) is 2.94. The van der Waals surface area contributed by atoms with Crippen LogP contribution in [0.25, 0.3) is 10.2 Å². The van der Waals surface area contributed by atoms with Crippen LogP contribution in [-0.2, 0) is 16.1 Å². The summed E-state index contributed by atoms with van der Waals surface area (Å²) in [6.45, 7) is 5.47. The Morgan fingerprint density at radius 3 is 2.56 bits per heavy atom. The quantitative estimate of drug-likeness (QED) is 0.676. The molecule has 5 nitrogen and oxygen atoms in total. The molecule has 6 heteroatoms. The SMILES string of the molecule is CCCC(CCC)C(=O)N=c1sc2cc(OC)ccc2n1CCOC. The molecule has 1 aromatic heterocycles. The normalized spacial score (nSPS) is 12.3. The lowest BCUT2D eigenvalue weighted by atomic mass is 9.98. The van der Waals surface area contributed by atoms with Crippen molar-refractivity contribution in [2.24, 2.45) is 10.9 Å². The van der Waals surface area contributed by atoms with Gasteiger partial charge in [-0.05, 0) is 31.0 Å². The first kappa shape index (κ1) is 19.7. The van der Waals surface area contributed by atoms with Crippen LogP contribution in [0.1, 0.15) is 39.5 Å². The topological polar surface area (TPSA) is 52.8 Å². The van der Waals surface area contributed by atoms with Gasteiger partial charge in [-0.3, -0.25) is 4.79 Å². The van der Waals surface area contributed by atoms with Crippen molar-refractivity contribution in [3.05, 3.63) is 23.0 Å². The first-order valence-corrected chi connectivity index (χ1v) is 9.71. The van der Waals surface area contributed by atoms with E-state index < -0.39 is 0 Å². The molecular formula is C19H28N2O3S. The molecule has 2 rings (SSSR count). The maximum absolute atomic E-state index is 12.7. The second-order valence-electron chi connectivity index (χ2n) is 6.09.